The number of halogens is 1. The maximum Gasteiger partial charge on any atom is 0.339 e. The number of esters is 3. The van der Waals surface area contributed by atoms with Gasteiger partial charge in [-0.25, -0.2) is 23.8 Å². The van der Waals surface area contributed by atoms with Crippen LogP contribution >= 0.6 is 0 Å². The number of aromatic nitrogens is 1. The molecule has 6 aromatic rings. The summed E-state index contributed by atoms with van der Waals surface area (Å²) in [5.41, 5.74) is -3.53. The molecular formula is C108H138FN9O25. The molecule has 2 aromatic heterocycles. The highest BCUT2D eigenvalue weighted by Gasteiger charge is 2.64. The van der Waals surface area contributed by atoms with Crippen LogP contribution in [0.15, 0.2) is 143 Å². The zero-order chi connectivity index (χ0) is 101. The number of hydrogen-bond acceptors (Lipinski definition) is 31. The van der Waals surface area contributed by atoms with Gasteiger partial charge in [0.15, 0.2) is 69.6 Å². The summed E-state index contributed by atoms with van der Waals surface area (Å²) in [6.07, 6.45) is 15.3. The molecule has 13 heterocycles. The molecular weight excluding hydrogens is 1840 g/mol. The number of nitrogens with zero attached hydrogens (tertiary/aromatic N) is 8. The summed E-state index contributed by atoms with van der Waals surface area (Å²) in [5, 5.41) is 70.0. The number of ether oxygens (including phenoxy) is 12. The topological polar surface area (TPSA) is 395 Å². The van der Waals surface area contributed by atoms with Crippen molar-refractivity contribution in [3.63, 3.8) is 0 Å². The van der Waals surface area contributed by atoms with Gasteiger partial charge in [-0.05, 0) is 313 Å². The number of fused-ring (bicyclic) bond motifs is 9. The van der Waals surface area contributed by atoms with Crippen LogP contribution in [0.3, 0.4) is 0 Å². The van der Waals surface area contributed by atoms with E-state index in [1.165, 1.54) is 18.4 Å². The first-order chi connectivity index (χ1) is 68.4. The SMILES string of the molecule is COC1=C[C@]23CCCN2CCc2cc4c(cc2[C@@H]3[C@@H]1OC(=O)[C@@](O)(CCCC(C)(C)O)CC(=O)N1CCN(c2ccc(F)cc2)CC1)OCO4.COC1=C[C@]23CCCN2CCc2cc4c(cc2[C@@H]3[C@@H]1OC(=O)[C@@](O)(CCCC(C)(C)O)CC(=O)N1CCN(c2ccccn2)CC1)OCO4.COC1=C[C@]23CCCN2CCc2cc4c(cc2[C@@H]3[C@@H]1OC(=O)[C@@](O)(CCCC(C)(C)O)CC(=O)NCc1ccco1)OCO4. The minimum absolute atomic E-state index is 0.0363. The standard InChI is InChI=1S/C38H48FN3O8.C37H48N4O8.C33H42N2O9/c1-36(2,45)11-4-13-38(46,23-32(43)41-18-16-40(17-19-41)27-8-6-26(39)7-9-27)35(44)50-34-31(47-3)22-37-12-5-14-42(37)15-10-25-20-29-30(49-24-48-29)21-28(25)33(34)37;1-35(2,44)10-6-12-37(45,23-31(42)40-18-16-39(17-19-40)30-8-4-5-13-38-30)34(43)49-33-29(46-3)22-36-11-7-14-41(36)15-9-25-20-27-28(48-24-47-27)21-26(25)32(33)36;1-31(2,38)9-5-11-33(39,18-27(36)34-19-22-7-4-14-41-22)30(37)44-29-26(40-3)17-32-10-6-12-35(32)13-8-21-15-24-25(43-20-42-24)16-23(21)28(29)32/h6-9,20-22,33-34,45-46H,4-5,10-19,23-24H2,1-3H3;4-5,8,13,20-22,32-33,44-45H,6-7,9-12,14-19,23-24H2,1-3H3;4,7,14-17,28-29,38-39H,5-6,8-13,18-20H2,1-3H3,(H,34,36)/t33-,34-,37+,38-;32-,33-,36+,37-;28-,29-,32+,33-/m111/s1. The van der Waals surface area contributed by atoms with E-state index in [1.54, 1.807) is 103 Å². The number of pyridine rings is 1. The molecule has 5 fully saturated rings. The Morgan fingerprint density at radius 2 is 0.797 bits per heavy atom. The van der Waals surface area contributed by atoms with Crippen molar-refractivity contribution in [3.8, 4) is 34.5 Å². The van der Waals surface area contributed by atoms with Crippen molar-refractivity contribution in [1.82, 2.24) is 34.8 Å². The molecule has 35 heteroatoms. The van der Waals surface area contributed by atoms with Gasteiger partial charge < -0.3 is 117 Å². The molecule has 0 radical (unpaired) electrons. The van der Waals surface area contributed by atoms with Crippen molar-refractivity contribution in [2.75, 3.05) is 143 Å². The average molecular weight is 1980 g/mol. The van der Waals surface area contributed by atoms with E-state index in [0.29, 0.717) is 148 Å². The van der Waals surface area contributed by atoms with Gasteiger partial charge in [0.25, 0.3) is 0 Å². The van der Waals surface area contributed by atoms with Crippen LogP contribution < -0.4 is 43.5 Å². The van der Waals surface area contributed by atoms with E-state index in [0.717, 1.165) is 142 Å². The van der Waals surface area contributed by atoms with E-state index >= 15 is 0 Å². The lowest BCUT2D eigenvalue weighted by Gasteiger charge is -2.40. The van der Waals surface area contributed by atoms with Crippen LogP contribution in [-0.4, -0.2) is 298 Å². The van der Waals surface area contributed by atoms with E-state index in [9.17, 15) is 63.8 Å². The maximum absolute atomic E-state index is 14.4. The molecule has 3 aliphatic carbocycles. The van der Waals surface area contributed by atoms with Gasteiger partial charge in [-0.2, -0.15) is 0 Å². The van der Waals surface area contributed by atoms with E-state index in [4.69, 9.17) is 61.3 Å². The molecule has 11 aliphatic heterocycles. The minimum atomic E-state index is -2.14. The number of anilines is 2. The second kappa shape index (κ2) is 41.3. The molecule has 3 spiro atoms. The number of hydrogen-bond donors (Lipinski definition) is 7. The van der Waals surface area contributed by atoms with Crippen molar-refractivity contribution < 1.29 is 125 Å². The Hall–Kier alpha value is -11.3. The van der Waals surface area contributed by atoms with Crippen LogP contribution in [0.25, 0.3) is 0 Å². The first-order valence-electron chi connectivity index (χ1n) is 50.7. The van der Waals surface area contributed by atoms with Gasteiger partial charge >= 0.3 is 17.9 Å². The number of carbonyl (C=O) groups is 6. The molecule has 0 bridgehead atoms. The summed E-state index contributed by atoms with van der Waals surface area (Å²) >= 11 is 0. The van der Waals surface area contributed by atoms with E-state index in [-0.39, 0.29) is 81.6 Å². The lowest BCUT2D eigenvalue weighted by atomic mass is 9.77. The zero-order valence-electron chi connectivity index (χ0n) is 83.5. The van der Waals surface area contributed by atoms with Crippen LogP contribution in [0.4, 0.5) is 15.9 Å². The molecule has 7 N–H and O–H groups in total. The van der Waals surface area contributed by atoms with Crippen molar-refractivity contribution in [2.24, 2.45) is 0 Å². The van der Waals surface area contributed by atoms with Crippen molar-refractivity contribution in [1.29, 1.82) is 0 Å². The summed E-state index contributed by atoms with van der Waals surface area (Å²) in [6, 6.07) is 27.5. The first-order valence-corrected chi connectivity index (χ1v) is 50.7. The normalized spacial score (nSPS) is 25.6. The van der Waals surface area contributed by atoms with Crippen LogP contribution in [0.2, 0.25) is 0 Å². The highest BCUT2D eigenvalue weighted by atomic mass is 19.1. The third-order valence-corrected chi connectivity index (χ3v) is 31.7. The fourth-order valence-corrected chi connectivity index (χ4v) is 24.4. The van der Waals surface area contributed by atoms with Gasteiger partial charge in [-0.15, -0.1) is 0 Å². The molecule has 12 atom stereocenters. The van der Waals surface area contributed by atoms with Crippen molar-refractivity contribution in [2.45, 2.75) is 269 Å². The Morgan fingerprint density at radius 1 is 0.434 bits per heavy atom. The number of nitrogens with one attached hydrogen (secondary N) is 1. The minimum Gasteiger partial charge on any atom is -0.497 e. The fourth-order valence-electron chi connectivity index (χ4n) is 24.4. The molecule has 772 valence electrons. The molecule has 5 saturated heterocycles. The average Bonchev–Trinajstić information content (AvgIpc) is 1.56. The molecule has 20 rings (SSSR count). The van der Waals surface area contributed by atoms with E-state index < -0.39 is 112 Å². The van der Waals surface area contributed by atoms with Crippen LogP contribution in [0, 0.1) is 5.82 Å². The number of rotatable bonds is 31. The highest BCUT2D eigenvalue weighted by Crippen LogP contribution is 2.60. The molecule has 143 heavy (non-hydrogen) atoms. The number of carbonyl (C=O) groups excluding carboxylic acids is 6. The van der Waals surface area contributed by atoms with E-state index in [2.05, 4.69) is 53.0 Å². The number of benzene rings is 4. The Kier molecular flexibility index (Phi) is 29.4. The third-order valence-electron chi connectivity index (χ3n) is 31.7. The quantitative estimate of drug-likeness (QED) is 0.0157. The third kappa shape index (κ3) is 21.3. The zero-order valence-corrected chi connectivity index (χ0v) is 83.5. The summed E-state index contributed by atoms with van der Waals surface area (Å²) in [7, 11) is 4.71. The monoisotopic (exact) mass is 1980 g/mol. The maximum atomic E-state index is 14.4. The molecule has 4 aromatic carbocycles. The largest absolute Gasteiger partial charge is 0.497 e. The van der Waals surface area contributed by atoms with Gasteiger partial charge in [0, 0.05) is 83.9 Å². The summed E-state index contributed by atoms with van der Waals surface area (Å²) < 4.78 is 90.0. The van der Waals surface area contributed by atoms with Crippen molar-refractivity contribution in [3.05, 3.63) is 184 Å². The number of furan rings is 1. The molecule has 0 saturated carbocycles. The lowest BCUT2D eigenvalue weighted by Crippen LogP contribution is -2.53. The molecule has 14 aliphatic rings. The lowest BCUT2D eigenvalue weighted by molar-refractivity contribution is -0.177. The first kappa shape index (κ1) is 102. The Morgan fingerprint density at radius 3 is 1.14 bits per heavy atom. The second-order valence-electron chi connectivity index (χ2n) is 42.8. The number of aliphatic hydroxyl groups is 6. The summed E-state index contributed by atoms with van der Waals surface area (Å²) in [4.78, 5) is 103. The summed E-state index contributed by atoms with van der Waals surface area (Å²) in [5.74, 6) is 1.94. The van der Waals surface area contributed by atoms with Crippen LogP contribution in [0.5, 0.6) is 34.5 Å². The van der Waals surface area contributed by atoms with Gasteiger partial charge in [-0.1, -0.05) is 6.07 Å². The van der Waals surface area contributed by atoms with Crippen LogP contribution in [-0.2, 0) is 83.0 Å². The highest BCUT2D eigenvalue weighted by molar-refractivity contribution is 5.90. The Balaban J connectivity index is 0.000000142. The molecule has 0 unspecified atom stereocenters. The number of methoxy groups -OCH3 is 3. The van der Waals surface area contributed by atoms with Crippen molar-refractivity contribution >= 4 is 47.1 Å². The van der Waals surface area contributed by atoms with Gasteiger partial charge in [-0.3, -0.25) is 29.1 Å². The summed E-state index contributed by atoms with van der Waals surface area (Å²) in [6.45, 7) is 19.7. The van der Waals surface area contributed by atoms with Gasteiger partial charge in [0.1, 0.15) is 34.7 Å². The molecule has 3 amide bonds. The van der Waals surface area contributed by atoms with Crippen LogP contribution in [0.1, 0.15) is 214 Å². The second-order valence-corrected chi connectivity index (χ2v) is 42.8. The number of piperazine rings is 2. The Labute approximate surface area is 833 Å². The van der Waals surface area contributed by atoms with Gasteiger partial charge in [0.2, 0.25) is 38.1 Å². The molecule has 34 nitrogen and oxygen atoms in total. The number of amides is 3. The Bertz CT molecular complexity index is 5730. The predicted octanol–water partition coefficient (Wildman–Crippen LogP) is 10.4. The fraction of sp³-hybridized carbons (Fsp3) is 0.583. The van der Waals surface area contributed by atoms with Gasteiger partial charge in [0.05, 0.1) is 105 Å². The smallest absolute Gasteiger partial charge is 0.339 e. The van der Waals surface area contributed by atoms with E-state index in [1.807, 2.05) is 54.6 Å². The predicted molar refractivity (Wildman–Crippen MR) is 520 cm³/mol.